The van der Waals surface area contributed by atoms with Crippen molar-refractivity contribution in [2.45, 2.75) is 142 Å². The summed E-state index contributed by atoms with van der Waals surface area (Å²) in [6, 6.07) is 2.24. The van der Waals surface area contributed by atoms with Crippen LogP contribution in [-0.2, 0) is 0 Å². The van der Waals surface area contributed by atoms with Gasteiger partial charge in [-0.05, 0) is 32.1 Å². The van der Waals surface area contributed by atoms with Crippen LogP contribution < -0.4 is 4.70 Å². The molecule has 180 valence electrons. The fourth-order valence-electron chi connectivity index (χ4n) is 4.30. The Balaban J connectivity index is 0. The standard InChI is InChI=1S/C27H55N2.FH/c1-4-5-6-7-8-9-10-11-12-13-14-15-16-17-20-23-26-29(2,3)27-24-21-18-19-22-25-28;/h4-24,26-27H2,1-3H3;1H/q+1;/p-1. The lowest BCUT2D eigenvalue weighted by Crippen LogP contribution is -3.00. The molecule has 0 N–H and O–H groups in total. The van der Waals surface area contributed by atoms with Crippen molar-refractivity contribution in [1.29, 1.82) is 5.26 Å². The van der Waals surface area contributed by atoms with E-state index in [-0.39, 0.29) is 4.70 Å². The highest BCUT2D eigenvalue weighted by molar-refractivity contribution is 4.67. The highest BCUT2D eigenvalue weighted by Crippen LogP contribution is 2.14. The fraction of sp³-hybridized carbons (Fsp3) is 0.963. The number of halogens is 1. The summed E-state index contributed by atoms with van der Waals surface area (Å²) in [6.07, 6.45) is 28.8. The Kier molecular flexibility index (Phi) is 25.9. The van der Waals surface area contributed by atoms with Crippen molar-refractivity contribution >= 4 is 0 Å². The van der Waals surface area contributed by atoms with Crippen molar-refractivity contribution in [3.8, 4) is 6.07 Å². The highest BCUT2D eigenvalue weighted by atomic mass is 19.0. The summed E-state index contributed by atoms with van der Waals surface area (Å²) in [6.45, 7) is 4.92. The third-order valence-electron chi connectivity index (χ3n) is 6.42. The molecule has 0 unspecified atom stereocenters. The molecule has 0 heterocycles. The molecule has 0 saturated carbocycles. The van der Waals surface area contributed by atoms with Gasteiger partial charge in [0.05, 0.1) is 33.3 Å². The fourth-order valence-corrected chi connectivity index (χ4v) is 4.30. The van der Waals surface area contributed by atoms with E-state index in [0.717, 1.165) is 12.8 Å². The Hall–Kier alpha value is -0.620. The van der Waals surface area contributed by atoms with Gasteiger partial charge < -0.3 is 9.19 Å². The van der Waals surface area contributed by atoms with E-state index in [1.165, 1.54) is 140 Å². The van der Waals surface area contributed by atoms with E-state index in [2.05, 4.69) is 27.1 Å². The topological polar surface area (TPSA) is 23.8 Å². The molecule has 2 nitrogen and oxygen atoms in total. The summed E-state index contributed by atoms with van der Waals surface area (Å²) >= 11 is 0. The molecular weight excluding hydrogens is 371 g/mol. The van der Waals surface area contributed by atoms with Crippen LogP contribution in [0, 0.1) is 11.3 Å². The van der Waals surface area contributed by atoms with E-state index in [1.807, 2.05) is 0 Å². The number of nitriles is 1. The van der Waals surface area contributed by atoms with Gasteiger partial charge in [0.2, 0.25) is 0 Å². The first-order valence-corrected chi connectivity index (χ1v) is 13.3. The van der Waals surface area contributed by atoms with Crippen molar-refractivity contribution < 1.29 is 9.19 Å². The molecule has 30 heavy (non-hydrogen) atoms. The summed E-state index contributed by atoms with van der Waals surface area (Å²) < 4.78 is 1.18. The van der Waals surface area contributed by atoms with Crippen LogP contribution in [0.2, 0.25) is 0 Å². The Morgan fingerprint density at radius 2 is 0.800 bits per heavy atom. The van der Waals surface area contributed by atoms with Crippen molar-refractivity contribution in [1.82, 2.24) is 0 Å². The van der Waals surface area contributed by atoms with E-state index in [0.29, 0.717) is 0 Å². The van der Waals surface area contributed by atoms with Crippen LogP contribution in [0.4, 0.5) is 0 Å². The molecule has 0 rings (SSSR count). The van der Waals surface area contributed by atoms with E-state index in [4.69, 9.17) is 5.26 Å². The van der Waals surface area contributed by atoms with E-state index >= 15 is 0 Å². The molecule has 0 atom stereocenters. The number of unbranched alkanes of at least 4 members (excludes halogenated alkanes) is 19. The van der Waals surface area contributed by atoms with Gasteiger partial charge >= 0.3 is 0 Å². The van der Waals surface area contributed by atoms with Gasteiger partial charge in [-0.2, -0.15) is 5.26 Å². The highest BCUT2D eigenvalue weighted by Gasteiger charge is 2.13. The molecule has 3 heteroatoms. The molecule has 0 aliphatic rings. The van der Waals surface area contributed by atoms with E-state index in [1.54, 1.807) is 0 Å². The van der Waals surface area contributed by atoms with E-state index < -0.39 is 0 Å². The lowest BCUT2D eigenvalue weighted by Gasteiger charge is -2.30. The summed E-state index contributed by atoms with van der Waals surface area (Å²) in [5.74, 6) is 0. The molecular formula is C27H55FN2. The molecule has 0 aliphatic heterocycles. The van der Waals surface area contributed by atoms with Gasteiger partial charge in [-0.1, -0.05) is 103 Å². The van der Waals surface area contributed by atoms with Crippen LogP contribution >= 0.6 is 0 Å². The third-order valence-corrected chi connectivity index (χ3v) is 6.42. The predicted octanol–water partition coefficient (Wildman–Crippen LogP) is 5.80. The molecule has 0 spiro atoms. The summed E-state index contributed by atoms with van der Waals surface area (Å²) in [4.78, 5) is 0. The summed E-state index contributed by atoms with van der Waals surface area (Å²) in [5.41, 5.74) is 0. The van der Waals surface area contributed by atoms with Gasteiger partial charge in [-0.25, -0.2) is 0 Å². The second kappa shape index (κ2) is 24.6. The molecule has 0 fully saturated rings. The molecule has 0 bridgehead atoms. The van der Waals surface area contributed by atoms with Crippen LogP contribution in [0.25, 0.3) is 0 Å². The Bertz CT molecular complexity index is 362. The SMILES string of the molecule is CCCCCCCCCCCCCCCCCC[N+](C)(C)CCCCCCC#N.[F-]. The van der Waals surface area contributed by atoms with Crippen molar-refractivity contribution in [2.24, 2.45) is 0 Å². The zero-order valence-corrected chi connectivity index (χ0v) is 21.0. The van der Waals surface area contributed by atoms with Gasteiger partial charge in [-0.15, -0.1) is 0 Å². The minimum Gasteiger partial charge on any atom is -1.00 e. The van der Waals surface area contributed by atoms with Crippen molar-refractivity contribution in [3.05, 3.63) is 0 Å². The molecule has 0 aromatic carbocycles. The Morgan fingerprint density at radius 1 is 0.500 bits per heavy atom. The second-order valence-electron chi connectivity index (χ2n) is 10.0. The van der Waals surface area contributed by atoms with Crippen LogP contribution in [0.5, 0.6) is 0 Å². The van der Waals surface area contributed by atoms with Gasteiger partial charge in [0.25, 0.3) is 0 Å². The lowest BCUT2D eigenvalue weighted by atomic mass is 10.0. The van der Waals surface area contributed by atoms with Crippen LogP contribution in [-0.4, -0.2) is 31.7 Å². The minimum absolute atomic E-state index is 0. The second-order valence-corrected chi connectivity index (χ2v) is 10.0. The molecule has 0 aromatic heterocycles. The molecule has 0 saturated heterocycles. The first kappa shape index (κ1) is 31.6. The molecule has 0 aromatic rings. The van der Waals surface area contributed by atoms with Gasteiger partial charge in [0.15, 0.2) is 0 Å². The number of nitrogens with zero attached hydrogens (tertiary/aromatic N) is 2. The zero-order valence-electron chi connectivity index (χ0n) is 21.0. The maximum atomic E-state index is 8.57. The van der Waals surface area contributed by atoms with Crippen LogP contribution in [0.1, 0.15) is 142 Å². The van der Waals surface area contributed by atoms with Crippen molar-refractivity contribution in [3.63, 3.8) is 0 Å². The number of quaternary nitrogens is 1. The number of rotatable bonds is 23. The molecule has 0 amide bonds. The third kappa shape index (κ3) is 25.4. The van der Waals surface area contributed by atoms with Crippen LogP contribution in [0.3, 0.4) is 0 Å². The number of hydrogen-bond donors (Lipinski definition) is 0. The summed E-state index contributed by atoms with van der Waals surface area (Å²) in [7, 11) is 4.78. The monoisotopic (exact) mass is 426 g/mol. The summed E-state index contributed by atoms with van der Waals surface area (Å²) in [5, 5.41) is 8.57. The lowest BCUT2D eigenvalue weighted by molar-refractivity contribution is -0.890. The predicted molar refractivity (Wildman–Crippen MR) is 130 cm³/mol. The average Bonchev–Trinajstić information content (AvgIpc) is 2.70. The first-order chi connectivity index (χ1) is 14.1. The molecule has 0 aliphatic carbocycles. The number of hydrogen-bond acceptors (Lipinski definition) is 1. The zero-order chi connectivity index (χ0) is 21.5. The average molecular weight is 427 g/mol. The van der Waals surface area contributed by atoms with E-state index in [9.17, 15) is 0 Å². The Morgan fingerprint density at radius 3 is 1.13 bits per heavy atom. The van der Waals surface area contributed by atoms with Crippen LogP contribution in [0.15, 0.2) is 0 Å². The normalized spacial score (nSPS) is 11.3. The largest absolute Gasteiger partial charge is 1.00 e. The maximum Gasteiger partial charge on any atom is 0.0782 e. The quantitative estimate of drug-likeness (QED) is 0.150. The first-order valence-electron chi connectivity index (χ1n) is 13.3. The van der Waals surface area contributed by atoms with Gasteiger partial charge in [-0.3, -0.25) is 0 Å². The smallest absolute Gasteiger partial charge is 0.0782 e. The maximum absolute atomic E-state index is 8.57. The van der Waals surface area contributed by atoms with Gasteiger partial charge in [0, 0.05) is 6.42 Å². The minimum atomic E-state index is 0. The van der Waals surface area contributed by atoms with Crippen molar-refractivity contribution in [2.75, 3.05) is 27.2 Å². The Labute approximate surface area is 189 Å². The molecule has 0 radical (unpaired) electrons. The van der Waals surface area contributed by atoms with Gasteiger partial charge in [0.1, 0.15) is 0 Å².